The van der Waals surface area contributed by atoms with Crippen molar-refractivity contribution in [2.24, 2.45) is 0 Å². The number of carbonyl (C=O) groups is 1. The van der Waals surface area contributed by atoms with Crippen LogP contribution in [-0.2, 0) is 6.54 Å². The van der Waals surface area contributed by atoms with E-state index >= 15 is 0 Å². The van der Waals surface area contributed by atoms with Crippen molar-refractivity contribution in [1.29, 1.82) is 0 Å². The van der Waals surface area contributed by atoms with Crippen molar-refractivity contribution in [2.45, 2.75) is 6.54 Å². The molecule has 2 nitrogen and oxygen atoms in total. The van der Waals surface area contributed by atoms with Crippen LogP contribution in [0.4, 0.5) is 4.39 Å². The van der Waals surface area contributed by atoms with Crippen LogP contribution >= 0.6 is 11.6 Å². The summed E-state index contributed by atoms with van der Waals surface area (Å²) in [6, 6.07) is 11.6. The lowest BCUT2D eigenvalue weighted by atomic mass is 10.0. The van der Waals surface area contributed by atoms with E-state index in [9.17, 15) is 9.18 Å². The molecule has 4 heteroatoms. The maximum absolute atomic E-state index is 13.5. The van der Waals surface area contributed by atoms with E-state index in [2.05, 4.69) is 17.1 Å². The van der Waals surface area contributed by atoms with E-state index in [1.54, 1.807) is 12.1 Å². The summed E-state index contributed by atoms with van der Waals surface area (Å²) in [6.45, 7) is 2.66. The van der Waals surface area contributed by atoms with Crippen molar-refractivity contribution in [3.63, 3.8) is 0 Å². The second kappa shape index (κ2) is 6.42. The minimum Gasteiger partial charge on any atom is -0.292 e. The standard InChI is InChI=1S/C18H15ClFNO/c19-16-7-6-15(11-17(16)20)18(22)14-5-3-4-13(10-14)12-21-8-1-2-9-21/h1-7,10-11H,8-9,12H2. The molecule has 0 unspecified atom stereocenters. The van der Waals surface area contributed by atoms with Gasteiger partial charge < -0.3 is 0 Å². The molecule has 0 amide bonds. The first-order chi connectivity index (χ1) is 10.6. The summed E-state index contributed by atoms with van der Waals surface area (Å²) in [5.41, 5.74) is 1.94. The van der Waals surface area contributed by atoms with Gasteiger partial charge in [0.15, 0.2) is 5.78 Å². The molecule has 0 saturated heterocycles. The van der Waals surface area contributed by atoms with Crippen molar-refractivity contribution >= 4 is 17.4 Å². The molecule has 2 aromatic rings. The molecule has 0 aliphatic carbocycles. The number of nitrogens with zero attached hydrogens (tertiary/aromatic N) is 1. The fraction of sp³-hybridized carbons (Fsp3) is 0.167. The predicted molar refractivity (Wildman–Crippen MR) is 85.7 cm³/mol. The molecule has 0 spiro atoms. The average Bonchev–Trinajstić information content (AvgIpc) is 3.02. The zero-order chi connectivity index (χ0) is 15.5. The van der Waals surface area contributed by atoms with E-state index < -0.39 is 5.82 Å². The van der Waals surface area contributed by atoms with Crippen LogP contribution in [0.1, 0.15) is 21.5 Å². The molecule has 1 aliphatic rings. The number of hydrogen-bond acceptors (Lipinski definition) is 2. The topological polar surface area (TPSA) is 20.3 Å². The molecule has 1 aliphatic heterocycles. The van der Waals surface area contributed by atoms with Crippen LogP contribution in [0, 0.1) is 5.82 Å². The number of halogens is 2. The summed E-state index contributed by atoms with van der Waals surface area (Å²) in [7, 11) is 0. The Morgan fingerprint density at radius 1 is 1.09 bits per heavy atom. The fourth-order valence-corrected chi connectivity index (χ4v) is 2.64. The molecule has 0 bridgehead atoms. The summed E-state index contributed by atoms with van der Waals surface area (Å²) in [5, 5.41) is 0.0202. The Morgan fingerprint density at radius 3 is 2.55 bits per heavy atom. The largest absolute Gasteiger partial charge is 0.292 e. The summed E-state index contributed by atoms with van der Waals surface area (Å²) >= 11 is 5.65. The van der Waals surface area contributed by atoms with Gasteiger partial charge in [-0.15, -0.1) is 0 Å². The first kappa shape index (κ1) is 14.9. The van der Waals surface area contributed by atoms with Gasteiger partial charge in [-0.3, -0.25) is 9.69 Å². The highest BCUT2D eigenvalue weighted by Crippen LogP contribution is 2.19. The van der Waals surface area contributed by atoms with Gasteiger partial charge in [-0.2, -0.15) is 0 Å². The van der Waals surface area contributed by atoms with E-state index in [1.807, 2.05) is 18.2 Å². The Labute approximate surface area is 133 Å². The van der Waals surface area contributed by atoms with Crippen molar-refractivity contribution in [3.8, 4) is 0 Å². The zero-order valence-corrected chi connectivity index (χ0v) is 12.7. The monoisotopic (exact) mass is 315 g/mol. The van der Waals surface area contributed by atoms with Gasteiger partial charge in [-0.05, 0) is 29.8 Å². The molecule has 112 valence electrons. The quantitative estimate of drug-likeness (QED) is 0.626. The fourth-order valence-electron chi connectivity index (χ4n) is 2.52. The number of benzene rings is 2. The van der Waals surface area contributed by atoms with Crippen LogP contribution in [0.25, 0.3) is 0 Å². The predicted octanol–water partition coefficient (Wildman–Crippen LogP) is 4.08. The normalized spacial score (nSPS) is 14.5. The number of hydrogen-bond donors (Lipinski definition) is 0. The molecule has 22 heavy (non-hydrogen) atoms. The van der Waals surface area contributed by atoms with Gasteiger partial charge in [0.2, 0.25) is 0 Å². The SMILES string of the molecule is O=C(c1cccc(CN2CC=CC2)c1)c1ccc(Cl)c(F)c1. The molecular weight excluding hydrogens is 301 g/mol. The molecule has 0 fully saturated rings. The summed E-state index contributed by atoms with van der Waals surface area (Å²) in [5.74, 6) is -0.774. The van der Waals surface area contributed by atoms with E-state index in [0.717, 1.165) is 25.2 Å². The lowest BCUT2D eigenvalue weighted by Gasteiger charge is -2.15. The molecule has 0 saturated carbocycles. The van der Waals surface area contributed by atoms with E-state index in [4.69, 9.17) is 11.6 Å². The Kier molecular flexibility index (Phi) is 4.36. The molecule has 0 N–H and O–H groups in total. The smallest absolute Gasteiger partial charge is 0.193 e. The molecule has 0 aromatic heterocycles. The van der Waals surface area contributed by atoms with E-state index in [1.165, 1.54) is 12.1 Å². The van der Waals surface area contributed by atoms with Gasteiger partial charge >= 0.3 is 0 Å². The Morgan fingerprint density at radius 2 is 1.82 bits per heavy atom. The Bertz CT molecular complexity index is 734. The van der Waals surface area contributed by atoms with Crippen molar-refractivity contribution in [3.05, 3.63) is 82.1 Å². The van der Waals surface area contributed by atoms with Gasteiger partial charge in [0, 0.05) is 30.8 Å². The highest BCUT2D eigenvalue weighted by molar-refractivity contribution is 6.30. The highest BCUT2D eigenvalue weighted by Gasteiger charge is 2.13. The third-order valence-electron chi connectivity index (χ3n) is 3.67. The molecule has 2 aromatic carbocycles. The van der Waals surface area contributed by atoms with Crippen LogP contribution in [0.3, 0.4) is 0 Å². The van der Waals surface area contributed by atoms with Gasteiger partial charge in [0.25, 0.3) is 0 Å². The third kappa shape index (κ3) is 3.26. The van der Waals surface area contributed by atoms with Crippen molar-refractivity contribution in [1.82, 2.24) is 4.90 Å². The summed E-state index contributed by atoms with van der Waals surface area (Å²) < 4.78 is 13.5. The summed E-state index contributed by atoms with van der Waals surface area (Å²) in [4.78, 5) is 14.7. The van der Waals surface area contributed by atoms with Crippen molar-refractivity contribution < 1.29 is 9.18 Å². The molecule has 3 rings (SSSR count). The first-order valence-corrected chi connectivity index (χ1v) is 7.47. The Hall–Kier alpha value is -1.97. The average molecular weight is 316 g/mol. The molecule has 1 heterocycles. The van der Waals surface area contributed by atoms with E-state index in [-0.39, 0.29) is 10.8 Å². The summed E-state index contributed by atoms with van der Waals surface area (Å²) in [6.07, 6.45) is 4.26. The van der Waals surface area contributed by atoms with Gasteiger partial charge in [0.05, 0.1) is 5.02 Å². The van der Waals surface area contributed by atoms with Crippen LogP contribution < -0.4 is 0 Å². The minimum atomic E-state index is -0.577. The van der Waals surface area contributed by atoms with Crippen LogP contribution in [0.2, 0.25) is 5.02 Å². The van der Waals surface area contributed by atoms with Crippen molar-refractivity contribution in [2.75, 3.05) is 13.1 Å². The lowest BCUT2D eigenvalue weighted by Crippen LogP contribution is -2.19. The molecular formula is C18H15ClFNO. The highest BCUT2D eigenvalue weighted by atomic mass is 35.5. The van der Waals surface area contributed by atoms with Gasteiger partial charge in [-0.25, -0.2) is 4.39 Å². The van der Waals surface area contributed by atoms with Crippen LogP contribution in [0.15, 0.2) is 54.6 Å². The zero-order valence-electron chi connectivity index (χ0n) is 11.9. The Balaban J connectivity index is 1.81. The minimum absolute atomic E-state index is 0.0202. The molecule has 0 radical (unpaired) electrons. The van der Waals surface area contributed by atoms with Crippen LogP contribution in [-0.4, -0.2) is 23.8 Å². The van der Waals surface area contributed by atoms with E-state index in [0.29, 0.717) is 11.1 Å². The number of rotatable bonds is 4. The second-order valence-corrected chi connectivity index (χ2v) is 5.73. The maximum atomic E-state index is 13.5. The molecule has 0 atom stereocenters. The second-order valence-electron chi connectivity index (χ2n) is 5.32. The van der Waals surface area contributed by atoms with Gasteiger partial charge in [-0.1, -0.05) is 42.0 Å². The first-order valence-electron chi connectivity index (χ1n) is 7.09. The number of carbonyl (C=O) groups excluding carboxylic acids is 1. The maximum Gasteiger partial charge on any atom is 0.193 e. The lowest BCUT2D eigenvalue weighted by molar-refractivity contribution is 0.103. The van der Waals surface area contributed by atoms with Crippen LogP contribution in [0.5, 0.6) is 0 Å². The number of ketones is 1. The van der Waals surface area contributed by atoms with Gasteiger partial charge in [0.1, 0.15) is 5.82 Å². The third-order valence-corrected chi connectivity index (χ3v) is 3.98.